The summed E-state index contributed by atoms with van der Waals surface area (Å²) in [6.07, 6.45) is 2.50. The number of rotatable bonds is 7. The summed E-state index contributed by atoms with van der Waals surface area (Å²) in [6.45, 7) is 6.68. The summed E-state index contributed by atoms with van der Waals surface area (Å²) in [5.74, 6) is 0.210. The van der Waals surface area contributed by atoms with Gasteiger partial charge in [0.05, 0.1) is 6.54 Å². The lowest BCUT2D eigenvalue weighted by Crippen LogP contribution is -2.43. The fraction of sp³-hybridized carbons (Fsp3) is 0.455. The van der Waals surface area contributed by atoms with E-state index >= 15 is 0 Å². The average Bonchev–Trinajstić information content (AvgIpc) is 3.14. The van der Waals surface area contributed by atoms with E-state index in [1.54, 1.807) is 11.3 Å². The van der Waals surface area contributed by atoms with Gasteiger partial charge in [-0.2, -0.15) is 0 Å². The first-order chi connectivity index (χ1) is 13.5. The third kappa shape index (κ3) is 6.17. The first kappa shape index (κ1) is 20.6. The molecule has 2 heterocycles. The average molecular weight is 400 g/mol. The van der Waals surface area contributed by atoms with Crippen LogP contribution in [0.25, 0.3) is 0 Å². The number of nitrogens with zero attached hydrogens (tertiary/aromatic N) is 1. The van der Waals surface area contributed by atoms with Crippen LogP contribution < -0.4 is 10.6 Å². The van der Waals surface area contributed by atoms with Gasteiger partial charge in [0.25, 0.3) is 0 Å². The number of carbonyl (C=O) groups is 2. The number of benzene rings is 1. The van der Waals surface area contributed by atoms with Gasteiger partial charge in [-0.3, -0.25) is 14.5 Å². The Morgan fingerprint density at radius 3 is 2.50 bits per heavy atom. The molecule has 1 aromatic carbocycles. The molecular formula is C22H29N3O2S. The van der Waals surface area contributed by atoms with Crippen molar-refractivity contribution in [1.82, 2.24) is 10.2 Å². The second kappa shape index (κ2) is 9.85. The summed E-state index contributed by atoms with van der Waals surface area (Å²) in [4.78, 5) is 28.1. The number of hydrogen-bond donors (Lipinski definition) is 2. The van der Waals surface area contributed by atoms with Gasteiger partial charge in [-0.25, -0.2) is 0 Å². The van der Waals surface area contributed by atoms with Gasteiger partial charge >= 0.3 is 0 Å². The summed E-state index contributed by atoms with van der Waals surface area (Å²) in [5, 5.41) is 8.11. The minimum Gasteiger partial charge on any atom is -0.355 e. The van der Waals surface area contributed by atoms with Crippen molar-refractivity contribution in [3.63, 3.8) is 0 Å². The molecule has 0 atom stereocenters. The van der Waals surface area contributed by atoms with Gasteiger partial charge in [-0.1, -0.05) is 12.1 Å². The van der Waals surface area contributed by atoms with Crippen molar-refractivity contribution >= 4 is 28.8 Å². The van der Waals surface area contributed by atoms with Crippen LogP contribution in [0.2, 0.25) is 0 Å². The zero-order chi connectivity index (χ0) is 19.9. The highest BCUT2D eigenvalue weighted by molar-refractivity contribution is 7.09. The highest BCUT2D eigenvalue weighted by atomic mass is 32.1. The molecule has 28 heavy (non-hydrogen) atoms. The van der Waals surface area contributed by atoms with E-state index in [4.69, 9.17) is 0 Å². The molecule has 0 unspecified atom stereocenters. The molecule has 0 spiro atoms. The largest absolute Gasteiger partial charge is 0.355 e. The van der Waals surface area contributed by atoms with Crippen molar-refractivity contribution in [2.75, 3.05) is 31.5 Å². The lowest BCUT2D eigenvalue weighted by Gasteiger charge is -2.30. The van der Waals surface area contributed by atoms with E-state index in [9.17, 15) is 9.59 Å². The fourth-order valence-corrected chi connectivity index (χ4v) is 4.42. The Morgan fingerprint density at radius 2 is 1.86 bits per heavy atom. The Hall–Kier alpha value is -2.18. The molecule has 2 N–H and O–H groups in total. The van der Waals surface area contributed by atoms with Crippen LogP contribution in [-0.4, -0.2) is 42.9 Å². The van der Waals surface area contributed by atoms with Gasteiger partial charge in [0.15, 0.2) is 0 Å². The van der Waals surface area contributed by atoms with Gasteiger partial charge in [-0.05, 0) is 80.9 Å². The third-order valence-electron chi connectivity index (χ3n) is 5.08. The normalized spacial score (nSPS) is 15.4. The molecule has 5 nitrogen and oxygen atoms in total. The number of amides is 2. The number of thiophene rings is 1. The number of anilines is 1. The van der Waals surface area contributed by atoms with Crippen molar-refractivity contribution in [2.24, 2.45) is 5.92 Å². The Kier molecular flexibility index (Phi) is 7.23. The summed E-state index contributed by atoms with van der Waals surface area (Å²) in [7, 11) is 0. The minimum absolute atomic E-state index is 0.00356. The molecule has 1 aliphatic rings. The Morgan fingerprint density at radius 1 is 1.14 bits per heavy atom. The lowest BCUT2D eigenvalue weighted by molar-refractivity contribution is -0.126. The lowest BCUT2D eigenvalue weighted by atomic mass is 9.96. The molecule has 2 aromatic rings. The number of piperidine rings is 1. The van der Waals surface area contributed by atoms with E-state index < -0.39 is 0 Å². The zero-order valence-electron chi connectivity index (χ0n) is 16.7. The van der Waals surface area contributed by atoms with Gasteiger partial charge in [0, 0.05) is 23.0 Å². The van der Waals surface area contributed by atoms with Crippen LogP contribution in [0.5, 0.6) is 0 Å². The number of carbonyl (C=O) groups excluding carboxylic acids is 2. The van der Waals surface area contributed by atoms with Crippen molar-refractivity contribution in [1.29, 1.82) is 0 Å². The Bertz CT molecular complexity index is 776. The maximum absolute atomic E-state index is 12.4. The van der Waals surface area contributed by atoms with Crippen molar-refractivity contribution in [2.45, 2.75) is 33.1 Å². The molecule has 1 aliphatic heterocycles. The van der Waals surface area contributed by atoms with Crippen LogP contribution in [0.3, 0.4) is 0 Å². The second-order valence-corrected chi connectivity index (χ2v) is 8.63. The van der Waals surface area contributed by atoms with Crippen LogP contribution in [0.1, 0.15) is 28.8 Å². The molecule has 6 heteroatoms. The predicted octanol–water partition coefficient (Wildman–Crippen LogP) is 3.37. The van der Waals surface area contributed by atoms with E-state index in [2.05, 4.69) is 33.0 Å². The van der Waals surface area contributed by atoms with Crippen molar-refractivity contribution in [3.05, 3.63) is 51.7 Å². The van der Waals surface area contributed by atoms with Crippen LogP contribution in [0.15, 0.2) is 35.7 Å². The molecule has 0 saturated carbocycles. The summed E-state index contributed by atoms with van der Waals surface area (Å²) in [5.41, 5.74) is 3.13. The first-order valence-corrected chi connectivity index (χ1v) is 10.8. The third-order valence-corrected chi connectivity index (χ3v) is 6.02. The van der Waals surface area contributed by atoms with Crippen LogP contribution in [0, 0.1) is 19.8 Å². The molecule has 1 saturated heterocycles. The van der Waals surface area contributed by atoms with Gasteiger partial charge in [0.2, 0.25) is 11.8 Å². The van der Waals surface area contributed by atoms with E-state index in [1.165, 1.54) is 4.88 Å². The molecule has 150 valence electrons. The van der Waals surface area contributed by atoms with Crippen molar-refractivity contribution in [3.8, 4) is 0 Å². The summed E-state index contributed by atoms with van der Waals surface area (Å²) < 4.78 is 0. The number of aryl methyl sites for hydroxylation is 2. The van der Waals surface area contributed by atoms with E-state index in [1.807, 2.05) is 32.0 Å². The van der Waals surface area contributed by atoms with Gasteiger partial charge in [-0.15, -0.1) is 11.3 Å². The highest BCUT2D eigenvalue weighted by Gasteiger charge is 2.25. The van der Waals surface area contributed by atoms with Gasteiger partial charge < -0.3 is 10.6 Å². The first-order valence-electron chi connectivity index (χ1n) is 9.90. The highest BCUT2D eigenvalue weighted by Crippen LogP contribution is 2.18. The topological polar surface area (TPSA) is 61.4 Å². The van der Waals surface area contributed by atoms with Crippen LogP contribution in [-0.2, 0) is 16.0 Å². The van der Waals surface area contributed by atoms with Crippen molar-refractivity contribution < 1.29 is 9.59 Å². The second-order valence-electron chi connectivity index (χ2n) is 7.60. The van der Waals surface area contributed by atoms with Crippen LogP contribution >= 0.6 is 11.3 Å². The summed E-state index contributed by atoms with van der Waals surface area (Å²) in [6, 6.07) is 10.2. The monoisotopic (exact) mass is 399 g/mol. The Balaban J connectivity index is 1.37. The molecule has 1 fully saturated rings. The molecule has 0 radical (unpaired) electrons. The molecule has 3 rings (SSSR count). The van der Waals surface area contributed by atoms with Crippen LogP contribution in [0.4, 0.5) is 5.69 Å². The maximum atomic E-state index is 12.4. The minimum atomic E-state index is 0.00356. The molecule has 1 aromatic heterocycles. The predicted molar refractivity (Wildman–Crippen MR) is 115 cm³/mol. The molecule has 2 amide bonds. The maximum Gasteiger partial charge on any atom is 0.238 e. The van der Waals surface area contributed by atoms with E-state index in [0.29, 0.717) is 13.1 Å². The standard InChI is InChI=1S/C22H29N3O2S/c1-16-12-17(2)14-19(13-16)24-21(26)15-25-9-6-18(7-10-25)22(27)23-8-5-20-4-3-11-28-20/h3-4,11-14,18H,5-10,15H2,1-2H3,(H,23,27)(H,24,26). The van der Waals surface area contributed by atoms with E-state index in [-0.39, 0.29) is 17.7 Å². The van der Waals surface area contributed by atoms with Gasteiger partial charge in [0.1, 0.15) is 0 Å². The molecular weight excluding hydrogens is 370 g/mol. The molecule has 0 bridgehead atoms. The Labute approximate surface area is 171 Å². The zero-order valence-corrected chi connectivity index (χ0v) is 17.5. The SMILES string of the molecule is Cc1cc(C)cc(NC(=O)CN2CCC(C(=O)NCCc3cccs3)CC2)c1. The fourth-order valence-electron chi connectivity index (χ4n) is 3.71. The quantitative estimate of drug-likeness (QED) is 0.750. The summed E-state index contributed by atoms with van der Waals surface area (Å²) >= 11 is 1.72. The van der Waals surface area contributed by atoms with E-state index in [0.717, 1.165) is 49.2 Å². The smallest absolute Gasteiger partial charge is 0.238 e. The number of likely N-dealkylation sites (tertiary alicyclic amines) is 1. The molecule has 0 aliphatic carbocycles. The number of nitrogens with one attached hydrogen (secondary N) is 2. The number of hydrogen-bond acceptors (Lipinski definition) is 4.